The number of fused-ring (bicyclic) bond motifs is 1. The number of rotatable bonds is 0. The molecule has 4 heteroatoms. The van der Waals surface area contributed by atoms with Gasteiger partial charge >= 0.3 is 0 Å². The number of hydrogen-bond acceptors (Lipinski definition) is 2. The minimum atomic E-state index is -0.729. The van der Waals surface area contributed by atoms with Crippen LogP contribution < -0.4 is 5.32 Å². The topological polar surface area (TPSA) is 32.3 Å². The number of hydrogen-bond donors (Lipinski definition) is 1. The maximum atomic E-state index is 12.8. The zero-order valence-corrected chi connectivity index (χ0v) is 6.22. The Balaban J connectivity index is 2.02. The van der Waals surface area contributed by atoms with Gasteiger partial charge in [0.1, 0.15) is 6.17 Å². The first-order valence-corrected chi connectivity index (χ1v) is 3.90. The average molecular weight is 158 g/mol. The number of piperazine rings is 1. The molecule has 2 fully saturated rings. The highest BCUT2D eigenvalue weighted by Gasteiger charge is 2.35. The summed E-state index contributed by atoms with van der Waals surface area (Å²) in [6, 6.07) is 0.252. The van der Waals surface area contributed by atoms with E-state index in [0.29, 0.717) is 26.1 Å². The molecule has 0 aromatic heterocycles. The minimum absolute atomic E-state index is 0.0235. The number of halogens is 1. The van der Waals surface area contributed by atoms with E-state index in [1.54, 1.807) is 0 Å². The fraction of sp³-hybridized carbons (Fsp3) is 0.857. The summed E-state index contributed by atoms with van der Waals surface area (Å²) in [5.41, 5.74) is 0. The molecule has 2 atom stereocenters. The van der Waals surface area contributed by atoms with E-state index in [0.717, 1.165) is 0 Å². The number of carbonyl (C=O) groups excluding carboxylic acids is 1. The van der Waals surface area contributed by atoms with Crippen LogP contribution >= 0.6 is 0 Å². The van der Waals surface area contributed by atoms with E-state index in [-0.39, 0.29) is 11.9 Å². The van der Waals surface area contributed by atoms with Crippen molar-refractivity contribution in [1.82, 2.24) is 10.2 Å². The first kappa shape index (κ1) is 7.03. The quantitative estimate of drug-likeness (QED) is 0.517. The Morgan fingerprint density at radius 3 is 3.27 bits per heavy atom. The largest absolute Gasteiger partial charge is 0.353 e. The summed E-state index contributed by atoms with van der Waals surface area (Å²) in [4.78, 5) is 12.8. The highest BCUT2D eigenvalue weighted by atomic mass is 19.1. The Morgan fingerprint density at radius 2 is 2.45 bits per heavy atom. The molecule has 2 aliphatic rings. The van der Waals surface area contributed by atoms with Crippen molar-refractivity contribution in [2.24, 2.45) is 0 Å². The van der Waals surface area contributed by atoms with Crippen LogP contribution in [0.15, 0.2) is 0 Å². The smallest absolute Gasteiger partial charge is 0.234 e. The molecule has 2 aliphatic heterocycles. The zero-order chi connectivity index (χ0) is 7.84. The number of nitrogens with one attached hydrogen (secondary N) is 1. The highest BCUT2D eigenvalue weighted by Crippen LogP contribution is 2.20. The van der Waals surface area contributed by atoms with Crippen LogP contribution in [0.2, 0.25) is 0 Å². The molecule has 0 aromatic rings. The van der Waals surface area contributed by atoms with Crippen molar-refractivity contribution < 1.29 is 9.18 Å². The van der Waals surface area contributed by atoms with Gasteiger partial charge in [-0.2, -0.15) is 0 Å². The van der Waals surface area contributed by atoms with E-state index in [4.69, 9.17) is 0 Å². The molecule has 62 valence electrons. The molecule has 0 bridgehead atoms. The summed E-state index contributed by atoms with van der Waals surface area (Å²) >= 11 is 0. The Morgan fingerprint density at radius 1 is 1.64 bits per heavy atom. The van der Waals surface area contributed by atoms with Gasteiger partial charge in [-0.15, -0.1) is 0 Å². The molecule has 0 aromatic carbocycles. The Kier molecular flexibility index (Phi) is 1.56. The van der Waals surface area contributed by atoms with Crippen LogP contribution in [0, 0.1) is 0 Å². The second-order valence-corrected chi connectivity index (χ2v) is 3.22. The lowest BCUT2D eigenvalue weighted by Gasteiger charge is -2.28. The van der Waals surface area contributed by atoms with Gasteiger partial charge in [-0.1, -0.05) is 0 Å². The number of nitrogens with zero attached hydrogens (tertiary/aromatic N) is 1. The van der Waals surface area contributed by atoms with Gasteiger partial charge in [0.05, 0.1) is 6.54 Å². The first-order chi connectivity index (χ1) is 5.25. The van der Waals surface area contributed by atoms with Crippen LogP contribution in [0.5, 0.6) is 0 Å². The first-order valence-electron chi connectivity index (χ1n) is 3.90. The Labute approximate surface area is 64.6 Å². The van der Waals surface area contributed by atoms with Crippen molar-refractivity contribution in [3.05, 3.63) is 0 Å². The Hall–Kier alpha value is -0.640. The summed E-state index contributed by atoms with van der Waals surface area (Å²) < 4.78 is 12.8. The molecule has 11 heavy (non-hydrogen) atoms. The summed E-state index contributed by atoms with van der Waals surface area (Å²) in [6.07, 6.45) is -0.145. The van der Waals surface area contributed by atoms with Gasteiger partial charge in [-0.25, -0.2) is 4.39 Å². The molecule has 3 nitrogen and oxygen atoms in total. The number of alkyl halides is 1. The molecule has 0 spiro atoms. The summed E-state index contributed by atoms with van der Waals surface area (Å²) in [5, 5.41) is 2.73. The van der Waals surface area contributed by atoms with Crippen molar-refractivity contribution in [1.29, 1.82) is 0 Å². The van der Waals surface area contributed by atoms with Gasteiger partial charge in [0.15, 0.2) is 0 Å². The predicted octanol–water partition coefficient (Wildman–Crippen LogP) is -0.471. The highest BCUT2D eigenvalue weighted by molar-refractivity contribution is 5.79. The lowest BCUT2D eigenvalue weighted by molar-refractivity contribution is -0.124. The molecule has 0 radical (unpaired) electrons. The monoisotopic (exact) mass is 158 g/mol. The van der Waals surface area contributed by atoms with E-state index in [1.807, 2.05) is 4.90 Å². The molecule has 2 heterocycles. The van der Waals surface area contributed by atoms with Crippen LogP contribution in [0.3, 0.4) is 0 Å². The third-order valence-electron chi connectivity index (χ3n) is 2.36. The van der Waals surface area contributed by atoms with Crippen LogP contribution in [0.1, 0.15) is 6.42 Å². The number of amides is 1. The third-order valence-corrected chi connectivity index (χ3v) is 2.36. The van der Waals surface area contributed by atoms with Crippen molar-refractivity contribution in [3.63, 3.8) is 0 Å². The molecule has 1 N–H and O–H groups in total. The van der Waals surface area contributed by atoms with E-state index in [2.05, 4.69) is 5.32 Å². The Bertz CT molecular complexity index is 185. The number of carbonyl (C=O) groups is 1. The molecular formula is C7H11FN2O. The third kappa shape index (κ3) is 1.22. The fourth-order valence-corrected chi connectivity index (χ4v) is 1.80. The van der Waals surface area contributed by atoms with Crippen LogP contribution in [-0.4, -0.2) is 42.7 Å². The lowest BCUT2D eigenvalue weighted by Crippen LogP contribution is -2.51. The molecule has 2 saturated heterocycles. The van der Waals surface area contributed by atoms with Crippen molar-refractivity contribution >= 4 is 5.91 Å². The summed E-state index contributed by atoms with van der Waals surface area (Å²) in [6.45, 7) is 1.45. The average Bonchev–Trinajstić information content (AvgIpc) is 2.27. The van der Waals surface area contributed by atoms with E-state index in [1.165, 1.54) is 0 Å². The summed E-state index contributed by atoms with van der Waals surface area (Å²) in [5.74, 6) is 0.0235. The van der Waals surface area contributed by atoms with Gasteiger partial charge in [0.25, 0.3) is 0 Å². The van der Waals surface area contributed by atoms with Crippen molar-refractivity contribution in [2.45, 2.75) is 18.6 Å². The van der Waals surface area contributed by atoms with Gasteiger partial charge in [-0.05, 0) is 6.42 Å². The zero-order valence-electron chi connectivity index (χ0n) is 6.22. The molecule has 0 aliphatic carbocycles. The molecular weight excluding hydrogens is 147 g/mol. The maximum absolute atomic E-state index is 12.8. The normalized spacial score (nSPS) is 38.5. The maximum Gasteiger partial charge on any atom is 0.234 e. The predicted molar refractivity (Wildman–Crippen MR) is 37.9 cm³/mol. The van der Waals surface area contributed by atoms with Gasteiger partial charge in [0.2, 0.25) is 5.91 Å². The van der Waals surface area contributed by atoms with Gasteiger partial charge < -0.3 is 5.32 Å². The summed E-state index contributed by atoms with van der Waals surface area (Å²) in [7, 11) is 0. The molecule has 1 amide bonds. The van der Waals surface area contributed by atoms with Crippen LogP contribution in [-0.2, 0) is 4.79 Å². The van der Waals surface area contributed by atoms with Crippen molar-refractivity contribution in [3.8, 4) is 0 Å². The standard InChI is InChI=1S/C7H11FN2O/c8-5-1-6-2-9-7(11)4-10(6)3-5/h5-6H,1-4H2,(H,9,11)/t5-,6+/m1/s1. The second kappa shape index (κ2) is 2.44. The van der Waals surface area contributed by atoms with Gasteiger partial charge in [-0.3, -0.25) is 9.69 Å². The fourth-order valence-electron chi connectivity index (χ4n) is 1.80. The second-order valence-electron chi connectivity index (χ2n) is 3.22. The minimum Gasteiger partial charge on any atom is -0.353 e. The molecule has 0 unspecified atom stereocenters. The van der Waals surface area contributed by atoms with E-state index in [9.17, 15) is 9.18 Å². The molecule has 0 saturated carbocycles. The lowest BCUT2D eigenvalue weighted by atomic mass is 10.2. The van der Waals surface area contributed by atoms with Gasteiger partial charge in [0, 0.05) is 19.1 Å². The molecule has 2 rings (SSSR count). The van der Waals surface area contributed by atoms with Crippen LogP contribution in [0.4, 0.5) is 4.39 Å². The van der Waals surface area contributed by atoms with Crippen LogP contribution in [0.25, 0.3) is 0 Å². The van der Waals surface area contributed by atoms with Crippen molar-refractivity contribution in [2.75, 3.05) is 19.6 Å². The van der Waals surface area contributed by atoms with E-state index >= 15 is 0 Å². The van der Waals surface area contributed by atoms with E-state index < -0.39 is 6.17 Å². The SMILES string of the molecule is O=C1CN2C[C@H](F)C[C@H]2CN1.